The minimum Gasteiger partial charge on any atom is -0.462 e. The number of hydrogen-bond donors (Lipinski definition) is 2. The Hall–Kier alpha value is -2.75. The minimum atomic E-state index is -0.273. The predicted molar refractivity (Wildman–Crippen MR) is 105 cm³/mol. The summed E-state index contributed by atoms with van der Waals surface area (Å²) in [5, 5.41) is 4.98. The first-order valence-corrected chi connectivity index (χ1v) is 9.30. The van der Waals surface area contributed by atoms with Crippen LogP contribution in [0.15, 0.2) is 42.5 Å². The van der Waals surface area contributed by atoms with Gasteiger partial charge in [0, 0.05) is 22.3 Å². The highest BCUT2D eigenvalue weighted by Crippen LogP contribution is 2.36. The van der Waals surface area contributed by atoms with Gasteiger partial charge in [-0.1, -0.05) is 11.6 Å². The van der Waals surface area contributed by atoms with Gasteiger partial charge in [0.2, 0.25) is 0 Å². The fraction of sp³-hybridized carbons (Fsp3) is 0.318. The number of H-pyrrole nitrogens is 1. The van der Waals surface area contributed by atoms with Gasteiger partial charge in [0.25, 0.3) is 0 Å². The molecule has 4 nitrogen and oxygen atoms in total. The number of aromatic amines is 1. The molecule has 2 N–H and O–H groups in total. The highest BCUT2D eigenvalue weighted by atomic mass is 16.5. The summed E-state index contributed by atoms with van der Waals surface area (Å²) >= 11 is 0. The molecule has 0 aliphatic heterocycles. The number of ether oxygens (including phenoxy) is 1. The number of anilines is 1. The van der Waals surface area contributed by atoms with Gasteiger partial charge < -0.3 is 15.0 Å². The van der Waals surface area contributed by atoms with Gasteiger partial charge in [-0.25, -0.2) is 4.79 Å². The summed E-state index contributed by atoms with van der Waals surface area (Å²) in [7, 11) is 0. The molecule has 26 heavy (non-hydrogen) atoms. The van der Waals surface area contributed by atoms with Gasteiger partial charge in [-0.15, -0.1) is 0 Å². The number of hydrogen-bond acceptors (Lipinski definition) is 3. The van der Waals surface area contributed by atoms with E-state index < -0.39 is 0 Å². The maximum atomic E-state index is 11.8. The Labute approximate surface area is 153 Å². The van der Waals surface area contributed by atoms with E-state index in [0.717, 1.165) is 18.5 Å². The lowest BCUT2D eigenvalue weighted by Gasteiger charge is -2.25. The minimum absolute atomic E-state index is 0.264. The third kappa shape index (κ3) is 3.07. The van der Waals surface area contributed by atoms with E-state index in [1.807, 2.05) is 31.2 Å². The van der Waals surface area contributed by atoms with Gasteiger partial charge in [-0.3, -0.25) is 0 Å². The maximum Gasteiger partial charge on any atom is 0.338 e. The second-order valence-electron chi connectivity index (χ2n) is 6.95. The molecule has 1 atom stereocenters. The van der Waals surface area contributed by atoms with E-state index in [9.17, 15) is 4.79 Å². The number of esters is 1. The van der Waals surface area contributed by atoms with Gasteiger partial charge in [0.1, 0.15) is 0 Å². The largest absolute Gasteiger partial charge is 0.462 e. The molecule has 0 fully saturated rings. The number of aryl methyl sites for hydroxylation is 2. The fourth-order valence-electron chi connectivity index (χ4n) is 3.84. The summed E-state index contributed by atoms with van der Waals surface area (Å²) in [4.78, 5) is 15.4. The number of carbonyl (C=O) groups excluding carboxylic acids is 1. The summed E-state index contributed by atoms with van der Waals surface area (Å²) in [5.41, 5.74) is 6.85. The Morgan fingerprint density at radius 3 is 2.81 bits per heavy atom. The van der Waals surface area contributed by atoms with Gasteiger partial charge >= 0.3 is 5.97 Å². The Morgan fingerprint density at radius 2 is 2.04 bits per heavy atom. The lowest BCUT2D eigenvalue weighted by molar-refractivity contribution is 0.0526. The average molecular weight is 348 g/mol. The lowest BCUT2D eigenvalue weighted by Crippen LogP contribution is -2.17. The van der Waals surface area contributed by atoms with Gasteiger partial charge in [-0.05, 0) is 75.1 Å². The van der Waals surface area contributed by atoms with Crippen molar-refractivity contribution >= 4 is 22.6 Å². The quantitative estimate of drug-likeness (QED) is 0.642. The Bertz CT molecular complexity index is 941. The van der Waals surface area contributed by atoms with Crippen LogP contribution in [0.4, 0.5) is 5.69 Å². The summed E-state index contributed by atoms with van der Waals surface area (Å²) in [6.45, 7) is 4.35. The van der Waals surface area contributed by atoms with Crippen LogP contribution >= 0.6 is 0 Å². The molecule has 1 aliphatic rings. The monoisotopic (exact) mass is 348 g/mol. The molecular formula is C22H24N2O2. The number of benzene rings is 2. The van der Waals surface area contributed by atoms with Crippen molar-refractivity contribution in [2.75, 3.05) is 11.9 Å². The van der Waals surface area contributed by atoms with Crippen LogP contribution in [0.5, 0.6) is 0 Å². The third-order valence-corrected chi connectivity index (χ3v) is 5.10. The van der Waals surface area contributed by atoms with E-state index in [4.69, 9.17) is 4.74 Å². The van der Waals surface area contributed by atoms with Crippen LogP contribution in [0.25, 0.3) is 10.9 Å². The van der Waals surface area contributed by atoms with E-state index in [1.54, 1.807) is 0 Å². The van der Waals surface area contributed by atoms with Crippen LogP contribution in [0.2, 0.25) is 0 Å². The Morgan fingerprint density at radius 1 is 1.23 bits per heavy atom. The Kier molecular flexibility index (Phi) is 4.41. The molecule has 0 amide bonds. The normalized spacial score (nSPS) is 16.3. The van der Waals surface area contributed by atoms with Crippen LogP contribution in [0.3, 0.4) is 0 Å². The smallest absolute Gasteiger partial charge is 0.338 e. The average Bonchev–Trinajstić information content (AvgIpc) is 3.02. The number of rotatable bonds is 4. The van der Waals surface area contributed by atoms with Crippen LogP contribution in [0.1, 0.15) is 53.0 Å². The summed E-state index contributed by atoms with van der Waals surface area (Å²) in [5.74, 6) is -0.273. The first-order chi connectivity index (χ1) is 12.7. The third-order valence-electron chi connectivity index (χ3n) is 5.10. The lowest BCUT2D eigenvalue weighted by atomic mass is 9.91. The number of fused-ring (bicyclic) bond motifs is 3. The van der Waals surface area contributed by atoms with Crippen molar-refractivity contribution in [1.29, 1.82) is 0 Å². The number of nitrogens with one attached hydrogen (secondary N) is 2. The van der Waals surface area contributed by atoms with Gasteiger partial charge in [0.15, 0.2) is 0 Å². The van der Waals surface area contributed by atoms with Crippen molar-refractivity contribution in [3.8, 4) is 0 Å². The molecule has 2 aromatic carbocycles. The Balaban J connectivity index is 1.59. The first kappa shape index (κ1) is 16.7. The molecule has 1 heterocycles. The van der Waals surface area contributed by atoms with Crippen molar-refractivity contribution in [1.82, 2.24) is 4.98 Å². The fourth-order valence-corrected chi connectivity index (χ4v) is 3.84. The second-order valence-corrected chi connectivity index (χ2v) is 6.95. The molecule has 0 saturated carbocycles. The van der Waals surface area contributed by atoms with Crippen LogP contribution in [-0.2, 0) is 11.2 Å². The van der Waals surface area contributed by atoms with Crippen molar-refractivity contribution in [3.63, 3.8) is 0 Å². The zero-order chi connectivity index (χ0) is 18.1. The van der Waals surface area contributed by atoms with E-state index >= 15 is 0 Å². The molecule has 4 rings (SSSR count). The van der Waals surface area contributed by atoms with Crippen LogP contribution < -0.4 is 5.32 Å². The highest BCUT2D eigenvalue weighted by molar-refractivity contribution is 5.90. The van der Waals surface area contributed by atoms with E-state index in [2.05, 4.69) is 35.4 Å². The maximum absolute atomic E-state index is 11.8. The van der Waals surface area contributed by atoms with Crippen LogP contribution in [0, 0.1) is 6.92 Å². The molecule has 1 aromatic heterocycles. The topological polar surface area (TPSA) is 54.1 Å². The zero-order valence-corrected chi connectivity index (χ0v) is 15.3. The van der Waals surface area contributed by atoms with Crippen molar-refractivity contribution in [2.24, 2.45) is 0 Å². The number of aromatic nitrogens is 1. The SMILES string of the molecule is CCOC(=O)c1ccc(NC2CCCc3c2[nH]c2ccc(C)cc32)cc1. The van der Waals surface area contributed by atoms with E-state index in [1.165, 1.54) is 34.1 Å². The second kappa shape index (κ2) is 6.87. The molecular weight excluding hydrogens is 324 g/mol. The van der Waals surface area contributed by atoms with E-state index in [0.29, 0.717) is 12.2 Å². The van der Waals surface area contributed by atoms with Crippen molar-refractivity contribution in [3.05, 3.63) is 64.8 Å². The van der Waals surface area contributed by atoms with Crippen molar-refractivity contribution in [2.45, 2.75) is 39.2 Å². The van der Waals surface area contributed by atoms with Crippen LogP contribution in [-0.4, -0.2) is 17.6 Å². The summed E-state index contributed by atoms with van der Waals surface area (Å²) in [6, 6.07) is 14.4. The highest BCUT2D eigenvalue weighted by Gasteiger charge is 2.24. The molecule has 1 unspecified atom stereocenters. The summed E-state index contributed by atoms with van der Waals surface area (Å²) in [6.07, 6.45) is 3.39. The zero-order valence-electron chi connectivity index (χ0n) is 15.3. The first-order valence-electron chi connectivity index (χ1n) is 9.30. The molecule has 0 bridgehead atoms. The molecule has 0 saturated heterocycles. The number of carbonyl (C=O) groups is 1. The van der Waals surface area contributed by atoms with Gasteiger partial charge in [0.05, 0.1) is 18.2 Å². The molecule has 1 aliphatic carbocycles. The van der Waals surface area contributed by atoms with E-state index in [-0.39, 0.29) is 12.0 Å². The molecule has 3 aromatic rings. The molecule has 4 heteroatoms. The van der Waals surface area contributed by atoms with Gasteiger partial charge in [-0.2, -0.15) is 0 Å². The molecule has 0 spiro atoms. The summed E-state index contributed by atoms with van der Waals surface area (Å²) < 4.78 is 5.04. The molecule has 0 radical (unpaired) electrons. The predicted octanol–water partition coefficient (Wildman–Crippen LogP) is 5.14. The standard InChI is InChI=1S/C22H24N2O2/c1-3-26-22(25)15-8-10-16(11-9-15)23-20-6-4-5-17-18-13-14(2)7-12-19(18)24-21(17)20/h7-13,20,23-24H,3-6H2,1-2H3. The van der Waals surface area contributed by atoms with Crippen molar-refractivity contribution < 1.29 is 9.53 Å². The molecule has 134 valence electrons.